The number of hydrogen-bond acceptors (Lipinski definition) is 2. The van der Waals surface area contributed by atoms with Crippen LogP contribution in [0.3, 0.4) is 0 Å². The lowest BCUT2D eigenvalue weighted by molar-refractivity contribution is 0.950. The highest BCUT2D eigenvalue weighted by Crippen LogP contribution is 2.15. The van der Waals surface area contributed by atoms with Crippen LogP contribution < -0.4 is 11.5 Å². The van der Waals surface area contributed by atoms with Crippen molar-refractivity contribution in [1.82, 2.24) is 0 Å². The van der Waals surface area contributed by atoms with E-state index in [1.165, 1.54) is 16.7 Å². The van der Waals surface area contributed by atoms with E-state index in [0.717, 1.165) is 24.2 Å². The molecule has 0 saturated carbocycles. The van der Waals surface area contributed by atoms with E-state index in [1.54, 1.807) is 0 Å². The monoisotopic (exact) mass is 226 g/mol. The molecule has 0 unspecified atom stereocenters. The highest BCUT2D eigenvalue weighted by molar-refractivity contribution is 5.44. The predicted molar refractivity (Wildman–Crippen MR) is 73.9 cm³/mol. The van der Waals surface area contributed by atoms with Gasteiger partial charge in [-0.05, 0) is 60.7 Å². The average Bonchev–Trinajstić information content (AvgIpc) is 2.30. The molecule has 0 radical (unpaired) electrons. The van der Waals surface area contributed by atoms with E-state index in [4.69, 9.17) is 11.5 Å². The lowest BCUT2D eigenvalue weighted by Gasteiger charge is -2.07. The van der Waals surface area contributed by atoms with E-state index < -0.39 is 0 Å². The Hall–Kier alpha value is -1.96. The van der Waals surface area contributed by atoms with Gasteiger partial charge < -0.3 is 11.5 Å². The van der Waals surface area contributed by atoms with Gasteiger partial charge in [0.25, 0.3) is 0 Å². The molecule has 0 atom stereocenters. The van der Waals surface area contributed by atoms with Gasteiger partial charge in [0.05, 0.1) is 0 Å². The summed E-state index contributed by atoms with van der Waals surface area (Å²) < 4.78 is 0. The first-order chi connectivity index (χ1) is 8.15. The Kier molecular flexibility index (Phi) is 3.33. The van der Waals surface area contributed by atoms with Crippen molar-refractivity contribution < 1.29 is 0 Å². The topological polar surface area (TPSA) is 52.0 Å². The van der Waals surface area contributed by atoms with Crippen LogP contribution in [0, 0.1) is 6.92 Å². The molecule has 17 heavy (non-hydrogen) atoms. The second kappa shape index (κ2) is 4.91. The zero-order chi connectivity index (χ0) is 12.3. The number of nitrogens with two attached hydrogens (primary N) is 2. The molecule has 0 aliphatic heterocycles. The van der Waals surface area contributed by atoms with Crippen LogP contribution >= 0.6 is 0 Å². The fourth-order valence-electron chi connectivity index (χ4n) is 1.96. The van der Waals surface area contributed by atoms with Crippen molar-refractivity contribution >= 4 is 11.4 Å². The van der Waals surface area contributed by atoms with Crippen molar-refractivity contribution in [1.29, 1.82) is 0 Å². The molecule has 0 aromatic heterocycles. The SMILES string of the molecule is Cc1cc(N)ccc1CCc1ccc(N)cc1. The fraction of sp³-hybridized carbons (Fsp3) is 0.200. The molecule has 0 amide bonds. The third-order valence-corrected chi connectivity index (χ3v) is 3.03. The largest absolute Gasteiger partial charge is 0.399 e. The third-order valence-electron chi connectivity index (χ3n) is 3.03. The minimum Gasteiger partial charge on any atom is -0.399 e. The van der Waals surface area contributed by atoms with Crippen LogP contribution in [0.15, 0.2) is 42.5 Å². The first-order valence-electron chi connectivity index (χ1n) is 5.84. The molecule has 0 spiro atoms. The van der Waals surface area contributed by atoms with E-state index in [-0.39, 0.29) is 0 Å². The molecule has 2 rings (SSSR count). The van der Waals surface area contributed by atoms with Gasteiger partial charge in [-0.15, -0.1) is 0 Å². The van der Waals surface area contributed by atoms with Crippen LogP contribution in [0.5, 0.6) is 0 Å². The average molecular weight is 226 g/mol. The Morgan fingerprint density at radius 2 is 1.47 bits per heavy atom. The molecule has 0 heterocycles. The van der Waals surface area contributed by atoms with Gasteiger partial charge in [0.1, 0.15) is 0 Å². The van der Waals surface area contributed by atoms with Gasteiger partial charge in [-0.1, -0.05) is 18.2 Å². The second-order valence-electron chi connectivity index (χ2n) is 4.43. The summed E-state index contributed by atoms with van der Waals surface area (Å²) in [5.41, 5.74) is 17.0. The number of hydrogen-bond donors (Lipinski definition) is 2. The summed E-state index contributed by atoms with van der Waals surface area (Å²) in [5.74, 6) is 0. The standard InChI is InChI=1S/C15H18N2/c1-11-10-15(17)9-6-13(11)5-2-12-3-7-14(16)8-4-12/h3-4,6-10H,2,5,16-17H2,1H3. The normalized spacial score (nSPS) is 10.4. The third kappa shape index (κ3) is 3.00. The molecule has 2 aromatic rings. The Labute approximate surface area is 102 Å². The predicted octanol–water partition coefficient (Wildman–Crippen LogP) is 2.94. The highest BCUT2D eigenvalue weighted by Gasteiger charge is 2.00. The van der Waals surface area contributed by atoms with Crippen molar-refractivity contribution in [2.24, 2.45) is 0 Å². The Bertz CT molecular complexity index is 501. The number of anilines is 2. The quantitative estimate of drug-likeness (QED) is 0.791. The van der Waals surface area contributed by atoms with Crippen molar-refractivity contribution in [2.45, 2.75) is 19.8 Å². The van der Waals surface area contributed by atoms with Gasteiger partial charge in [0, 0.05) is 11.4 Å². The van der Waals surface area contributed by atoms with Crippen molar-refractivity contribution in [3.8, 4) is 0 Å². The summed E-state index contributed by atoms with van der Waals surface area (Å²) in [5, 5.41) is 0. The molecule has 0 saturated heterocycles. The first kappa shape index (κ1) is 11.5. The molecule has 0 bridgehead atoms. The molecular formula is C15H18N2. The van der Waals surface area contributed by atoms with Gasteiger partial charge in [0.2, 0.25) is 0 Å². The Balaban J connectivity index is 2.04. The van der Waals surface area contributed by atoms with E-state index in [0.29, 0.717) is 0 Å². The van der Waals surface area contributed by atoms with Crippen LogP contribution in [-0.4, -0.2) is 0 Å². The Morgan fingerprint density at radius 1 is 0.824 bits per heavy atom. The summed E-state index contributed by atoms with van der Waals surface area (Å²) in [6, 6.07) is 14.2. The maximum absolute atomic E-state index is 5.74. The minimum absolute atomic E-state index is 0.817. The van der Waals surface area contributed by atoms with Crippen molar-refractivity contribution in [3.05, 3.63) is 59.2 Å². The molecule has 2 aromatic carbocycles. The summed E-state index contributed by atoms with van der Waals surface area (Å²) >= 11 is 0. The zero-order valence-electron chi connectivity index (χ0n) is 10.1. The summed E-state index contributed by atoms with van der Waals surface area (Å²) in [7, 11) is 0. The lowest BCUT2D eigenvalue weighted by atomic mass is 10.00. The zero-order valence-corrected chi connectivity index (χ0v) is 10.1. The first-order valence-corrected chi connectivity index (χ1v) is 5.84. The maximum Gasteiger partial charge on any atom is 0.0316 e. The molecule has 4 N–H and O–H groups in total. The smallest absolute Gasteiger partial charge is 0.0316 e. The number of aryl methyl sites for hydroxylation is 3. The molecule has 88 valence electrons. The van der Waals surface area contributed by atoms with Crippen LogP contribution in [0.1, 0.15) is 16.7 Å². The van der Waals surface area contributed by atoms with Gasteiger partial charge in [-0.3, -0.25) is 0 Å². The number of rotatable bonds is 3. The highest BCUT2D eigenvalue weighted by atomic mass is 14.5. The van der Waals surface area contributed by atoms with Crippen LogP contribution in [0.25, 0.3) is 0 Å². The van der Waals surface area contributed by atoms with Gasteiger partial charge in [0.15, 0.2) is 0 Å². The maximum atomic E-state index is 5.74. The van der Waals surface area contributed by atoms with Gasteiger partial charge >= 0.3 is 0 Å². The molecule has 0 aliphatic rings. The molecule has 2 nitrogen and oxygen atoms in total. The van der Waals surface area contributed by atoms with Crippen LogP contribution in [0.4, 0.5) is 11.4 Å². The molecule has 0 fully saturated rings. The van der Waals surface area contributed by atoms with E-state index in [2.05, 4.69) is 25.1 Å². The number of nitrogen functional groups attached to an aromatic ring is 2. The van der Waals surface area contributed by atoms with Crippen LogP contribution in [-0.2, 0) is 12.8 Å². The van der Waals surface area contributed by atoms with Crippen molar-refractivity contribution in [3.63, 3.8) is 0 Å². The van der Waals surface area contributed by atoms with E-state index >= 15 is 0 Å². The van der Waals surface area contributed by atoms with Crippen molar-refractivity contribution in [2.75, 3.05) is 11.5 Å². The lowest BCUT2D eigenvalue weighted by Crippen LogP contribution is -1.96. The molecule has 2 heteroatoms. The second-order valence-corrected chi connectivity index (χ2v) is 4.43. The van der Waals surface area contributed by atoms with Crippen LogP contribution in [0.2, 0.25) is 0 Å². The number of benzene rings is 2. The van der Waals surface area contributed by atoms with Gasteiger partial charge in [-0.2, -0.15) is 0 Å². The molecule has 0 aliphatic carbocycles. The summed E-state index contributed by atoms with van der Waals surface area (Å²) in [4.78, 5) is 0. The van der Waals surface area contributed by atoms with Gasteiger partial charge in [-0.25, -0.2) is 0 Å². The summed E-state index contributed by atoms with van der Waals surface area (Å²) in [6.45, 7) is 2.11. The summed E-state index contributed by atoms with van der Waals surface area (Å²) in [6.07, 6.45) is 2.07. The molecular weight excluding hydrogens is 208 g/mol. The van der Waals surface area contributed by atoms with E-state index in [1.807, 2.05) is 24.3 Å². The minimum atomic E-state index is 0.817. The fourth-order valence-corrected chi connectivity index (χ4v) is 1.96. The van der Waals surface area contributed by atoms with E-state index in [9.17, 15) is 0 Å². The Morgan fingerprint density at radius 3 is 2.12 bits per heavy atom.